The van der Waals surface area contributed by atoms with Crippen molar-refractivity contribution in [1.29, 1.82) is 0 Å². The van der Waals surface area contributed by atoms with E-state index in [4.69, 9.17) is 19.4 Å². The Labute approximate surface area is 334 Å². The number of fused-ring (bicyclic) bond motifs is 2. The molecule has 56 heavy (non-hydrogen) atoms. The summed E-state index contributed by atoms with van der Waals surface area (Å²) in [5.41, 5.74) is 6.09. The van der Waals surface area contributed by atoms with Crippen molar-refractivity contribution in [3.05, 3.63) is 70.7 Å². The van der Waals surface area contributed by atoms with Gasteiger partial charge in [0.2, 0.25) is 11.8 Å². The summed E-state index contributed by atoms with van der Waals surface area (Å²) in [7, 11) is 2.60. The summed E-state index contributed by atoms with van der Waals surface area (Å²) >= 11 is 3.23. The molecule has 294 valence electrons. The third-order valence-corrected chi connectivity index (χ3v) is 13.0. The van der Waals surface area contributed by atoms with Crippen molar-refractivity contribution in [2.45, 2.75) is 77.5 Å². The number of carbonyl (C=O) groups excluding carboxylic acids is 4. The zero-order chi connectivity index (χ0) is 39.7. The SMILES string of the molecule is COC(=O)N[C@H](C(=O)N1CCC[C@H]1c1nc2ccc(-c3ccc(-c4ccc5sc([C@H]6CCCN6C(=O)[C@H](NC(=O)OC)C(C)C)nc5c4)cc3)cc2s1)C(C)C. The third kappa shape index (κ3) is 7.94. The van der Waals surface area contributed by atoms with Gasteiger partial charge in [0.15, 0.2) is 0 Å². The van der Waals surface area contributed by atoms with Crippen molar-refractivity contribution in [2.75, 3.05) is 27.3 Å². The number of rotatable bonds is 10. The lowest BCUT2D eigenvalue weighted by molar-refractivity contribution is -0.136. The lowest BCUT2D eigenvalue weighted by Gasteiger charge is -2.29. The van der Waals surface area contributed by atoms with Gasteiger partial charge in [0.1, 0.15) is 22.1 Å². The van der Waals surface area contributed by atoms with Crippen LogP contribution in [-0.4, -0.2) is 83.2 Å². The molecule has 0 spiro atoms. The Morgan fingerprint density at radius 1 is 0.625 bits per heavy atom. The Hall–Kier alpha value is -5.08. The quantitative estimate of drug-likeness (QED) is 0.144. The largest absolute Gasteiger partial charge is 0.453 e. The molecule has 12 nitrogen and oxygen atoms in total. The molecule has 7 rings (SSSR count). The van der Waals surface area contributed by atoms with Crippen LogP contribution in [0.2, 0.25) is 0 Å². The zero-order valence-corrected chi connectivity index (χ0v) is 34.2. The number of nitrogens with one attached hydrogen (secondary N) is 2. The van der Waals surface area contributed by atoms with E-state index in [-0.39, 0.29) is 35.7 Å². The minimum absolute atomic E-state index is 0.0925. The predicted octanol–water partition coefficient (Wildman–Crippen LogP) is 8.33. The van der Waals surface area contributed by atoms with Gasteiger partial charge in [0.05, 0.1) is 46.7 Å². The van der Waals surface area contributed by atoms with Gasteiger partial charge in [-0.15, -0.1) is 22.7 Å². The molecule has 0 radical (unpaired) electrons. The number of aromatic nitrogens is 2. The molecule has 0 aliphatic carbocycles. The molecule has 2 N–H and O–H groups in total. The summed E-state index contributed by atoms with van der Waals surface area (Å²) in [4.78, 5) is 65.0. The fourth-order valence-corrected chi connectivity index (χ4v) is 9.97. The number of alkyl carbamates (subject to hydrolysis) is 2. The van der Waals surface area contributed by atoms with E-state index in [9.17, 15) is 19.2 Å². The fraction of sp³-hybridized carbons (Fsp3) is 0.429. The normalized spacial score (nSPS) is 18.1. The van der Waals surface area contributed by atoms with Crippen molar-refractivity contribution >= 4 is 67.1 Å². The standard InChI is InChI=1S/C42H48N6O6S2/c1-23(2)35(45-41(51)53-5)39(49)47-19-7-9-31(47)37-43-29-17-15-28(22-34(29)56-37)26-13-11-25(12-14-26)27-16-18-33-30(21-27)44-38(55-33)32-10-8-20-48(32)40(50)36(24(3)4)46-42(52)54-6/h11-18,21-24,31-32,35-36H,7-10,19-20H2,1-6H3,(H,45,51)(H,46,52)/t31-,32+,35-,36+/m0/s1. The van der Waals surface area contributed by atoms with Gasteiger partial charge in [-0.3, -0.25) is 9.59 Å². The summed E-state index contributed by atoms with van der Waals surface area (Å²) in [6, 6.07) is 19.5. The maximum absolute atomic E-state index is 13.6. The van der Waals surface area contributed by atoms with Gasteiger partial charge in [-0.25, -0.2) is 19.6 Å². The minimum atomic E-state index is -0.671. The summed E-state index contributed by atoms with van der Waals surface area (Å²) in [5, 5.41) is 7.25. The van der Waals surface area contributed by atoms with Gasteiger partial charge >= 0.3 is 12.2 Å². The average molecular weight is 797 g/mol. The van der Waals surface area contributed by atoms with E-state index in [0.717, 1.165) is 78.4 Å². The Kier molecular flexibility index (Phi) is 11.6. The first-order valence-corrected chi connectivity index (χ1v) is 20.8. The number of ether oxygens (including phenoxy) is 2. The average Bonchev–Trinajstić information content (AvgIpc) is 4.03. The Balaban J connectivity index is 1.06. The first-order chi connectivity index (χ1) is 26.9. The van der Waals surface area contributed by atoms with E-state index in [1.807, 2.05) is 43.6 Å². The van der Waals surface area contributed by atoms with Gasteiger partial charge in [-0.1, -0.05) is 64.1 Å². The monoisotopic (exact) mass is 796 g/mol. The lowest BCUT2D eigenvalue weighted by atomic mass is 10.00. The first-order valence-electron chi connectivity index (χ1n) is 19.2. The molecule has 4 amide bonds. The van der Waals surface area contributed by atoms with Crippen LogP contribution < -0.4 is 10.6 Å². The molecule has 0 unspecified atom stereocenters. The van der Waals surface area contributed by atoms with E-state index >= 15 is 0 Å². The van der Waals surface area contributed by atoms with Crippen molar-refractivity contribution in [2.24, 2.45) is 11.8 Å². The summed E-state index contributed by atoms with van der Waals surface area (Å²) in [6.07, 6.45) is 2.17. The molecule has 2 saturated heterocycles. The molecule has 4 heterocycles. The molecule has 3 aromatic carbocycles. The molecule has 0 bridgehead atoms. The molecular weight excluding hydrogens is 749 g/mol. The second-order valence-corrected chi connectivity index (χ2v) is 17.3. The van der Waals surface area contributed by atoms with Crippen LogP contribution in [0, 0.1) is 11.8 Å². The highest BCUT2D eigenvalue weighted by atomic mass is 32.1. The van der Waals surface area contributed by atoms with Crippen LogP contribution in [-0.2, 0) is 19.1 Å². The number of carbonyl (C=O) groups is 4. The van der Waals surface area contributed by atoms with Crippen molar-refractivity contribution in [3.8, 4) is 22.3 Å². The van der Waals surface area contributed by atoms with Gasteiger partial charge in [-0.2, -0.15) is 0 Å². The third-order valence-electron chi connectivity index (χ3n) is 10.8. The molecule has 14 heteroatoms. The van der Waals surface area contributed by atoms with E-state index in [1.54, 1.807) is 22.7 Å². The topological polar surface area (TPSA) is 143 Å². The van der Waals surface area contributed by atoms with E-state index in [2.05, 4.69) is 65.2 Å². The van der Waals surface area contributed by atoms with Gasteiger partial charge in [0, 0.05) is 13.1 Å². The highest BCUT2D eigenvalue weighted by molar-refractivity contribution is 7.19. The number of benzene rings is 3. The van der Waals surface area contributed by atoms with Crippen molar-refractivity contribution in [3.63, 3.8) is 0 Å². The van der Waals surface area contributed by atoms with Crippen LogP contribution in [0.1, 0.15) is 75.5 Å². The van der Waals surface area contributed by atoms with Crippen LogP contribution in [0.5, 0.6) is 0 Å². The highest BCUT2D eigenvalue weighted by Gasteiger charge is 2.39. The van der Waals surface area contributed by atoms with E-state index < -0.39 is 24.3 Å². The first kappa shape index (κ1) is 39.2. The van der Waals surface area contributed by atoms with Crippen LogP contribution in [0.25, 0.3) is 42.7 Å². The molecule has 4 atom stereocenters. The number of hydrogen-bond acceptors (Lipinski definition) is 10. The molecule has 2 aliphatic rings. The lowest BCUT2D eigenvalue weighted by Crippen LogP contribution is -2.51. The van der Waals surface area contributed by atoms with Gasteiger partial charge in [0.25, 0.3) is 0 Å². The summed E-state index contributed by atoms with van der Waals surface area (Å²) < 4.78 is 11.7. The van der Waals surface area contributed by atoms with Crippen LogP contribution in [0.3, 0.4) is 0 Å². The van der Waals surface area contributed by atoms with Crippen LogP contribution >= 0.6 is 22.7 Å². The Morgan fingerprint density at radius 3 is 1.57 bits per heavy atom. The molecule has 2 aliphatic heterocycles. The number of likely N-dealkylation sites (tertiary alicyclic amines) is 2. The Morgan fingerprint density at radius 2 is 1.07 bits per heavy atom. The molecule has 2 aromatic heterocycles. The minimum Gasteiger partial charge on any atom is -0.453 e. The highest BCUT2D eigenvalue weighted by Crippen LogP contribution is 2.40. The predicted molar refractivity (Wildman–Crippen MR) is 219 cm³/mol. The van der Waals surface area contributed by atoms with E-state index in [0.29, 0.717) is 13.1 Å². The number of amides is 4. The van der Waals surface area contributed by atoms with Crippen molar-refractivity contribution < 1.29 is 28.7 Å². The second-order valence-electron chi connectivity index (χ2n) is 15.1. The number of methoxy groups -OCH3 is 2. The number of nitrogens with zero attached hydrogens (tertiary/aromatic N) is 4. The molecular formula is C42H48N6O6S2. The molecule has 2 fully saturated rings. The smallest absolute Gasteiger partial charge is 0.407 e. The van der Waals surface area contributed by atoms with E-state index in [1.165, 1.54) is 14.2 Å². The van der Waals surface area contributed by atoms with Gasteiger partial charge < -0.3 is 29.9 Å². The number of thiazole rings is 2. The van der Waals surface area contributed by atoms with Crippen LogP contribution in [0.15, 0.2) is 60.7 Å². The number of hydrogen-bond donors (Lipinski definition) is 2. The summed E-state index contributed by atoms with van der Waals surface area (Å²) in [5.74, 6) is -0.405. The fourth-order valence-electron chi connectivity index (χ4n) is 7.72. The molecule has 5 aromatic rings. The van der Waals surface area contributed by atoms with Crippen LogP contribution in [0.4, 0.5) is 9.59 Å². The van der Waals surface area contributed by atoms with Gasteiger partial charge in [-0.05, 0) is 84.0 Å². The second kappa shape index (κ2) is 16.6. The molecule has 0 saturated carbocycles. The maximum Gasteiger partial charge on any atom is 0.407 e. The summed E-state index contributed by atoms with van der Waals surface area (Å²) in [6.45, 7) is 8.91. The van der Waals surface area contributed by atoms with Crippen molar-refractivity contribution in [1.82, 2.24) is 30.4 Å². The zero-order valence-electron chi connectivity index (χ0n) is 32.5. The Bertz CT molecular complexity index is 2090. The maximum atomic E-state index is 13.6.